The zero-order chi connectivity index (χ0) is 21.3. The van der Waals surface area contributed by atoms with Gasteiger partial charge in [0.2, 0.25) is 0 Å². The molecule has 0 saturated carbocycles. The number of nitrogens with one attached hydrogen (secondary N) is 1. The minimum Gasteiger partial charge on any atom is -0.484 e. The van der Waals surface area contributed by atoms with Gasteiger partial charge in [-0.05, 0) is 55.0 Å². The third-order valence-electron chi connectivity index (χ3n) is 3.92. The minimum absolute atomic E-state index is 0.106. The van der Waals surface area contributed by atoms with E-state index in [1.807, 2.05) is 19.1 Å². The Balaban J connectivity index is 1.51. The van der Waals surface area contributed by atoms with Crippen LogP contribution < -0.4 is 14.9 Å². The molecule has 0 aliphatic heterocycles. The molecule has 0 aromatic heterocycles. The van der Waals surface area contributed by atoms with E-state index in [0.717, 1.165) is 11.6 Å². The van der Waals surface area contributed by atoms with Gasteiger partial charge in [-0.25, -0.2) is 14.6 Å². The Morgan fingerprint density at radius 3 is 2.53 bits per heavy atom. The molecule has 0 aliphatic carbocycles. The van der Waals surface area contributed by atoms with Gasteiger partial charge in [0.25, 0.3) is 5.91 Å². The van der Waals surface area contributed by atoms with E-state index in [1.165, 1.54) is 24.4 Å². The van der Waals surface area contributed by atoms with Gasteiger partial charge in [0, 0.05) is 0 Å². The lowest BCUT2D eigenvalue weighted by Crippen LogP contribution is -2.24. The van der Waals surface area contributed by atoms with Crippen molar-refractivity contribution in [1.82, 2.24) is 5.43 Å². The maximum Gasteiger partial charge on any atom is 0.343 e. The maximum atomic E-state index is 13.2. The normalized spacial score (nSPS) is 10.6. The van der Waals surface area contributed by atoms with E-state index >= 15 is 0 Å². The second-order valence-electron chi connectivity index (χ2n) is 6.37. The van der Waals surface area contributed by atoms with E-state index in [1.54, 1.807) is 36.4 Å². The van der Waals surface area contributed by atoms with E-state index in [4.69, 9.17) is 9.47 Å². The lowest BCUT2D eigenvalue weighted by atomic mass is 10.2. The minimum atomic E-state index is -0.676. The molecule has 0 saturated heterocycles. The topological polar surface area (TPSA) is 77.0 Å². The second kappa shape index (κ2) is 9.97. The summed E-state index contributed by atoms with van der Waals surface area (Å²) in [6, 6.07) is 19.1. The molecule has 0 aliphatic rings. The van der Waals surface area contributed by atoms with Crippen LogP contribution in [0.1, 0.15) is 21.5 Å². The molecule has 6 nitrogen and oxygen atoms in total. The van der Waals surface area contributed by atoms with E-state index < -0.39 is 17.7 Å². The Morgan fingerprint density at radius 2 is 1.77 bits per heavy atom. The molecule has 1 N–H and O–H groups in total. The average Bonchev–Trinajstić information content (AvgIpc) is 2.73. The van der Waals surface area contributed by atoms with Gasteiger partial charge in [-0.1, -0.05) is 35.9 Å². The molecule has 0 unspecified atom stereocenters. The molecular weight excluding hydrogens is 387 g/mol. The highest BCUT2D eigenvalue weighted by atomic mass is 19.1. The first-order valence-electron chi connectivity index (χ1n) is 9.09. The number of benzene rings is 3. The van der Waals surface area contributed by atoms with Crippen molar-refractivity contribution in [1.29, 1.82) is 0 Å². The molecule has 0 fully saturated rings. The van der Waals surface area contributed by atoms with Crippen molar-refractivity contribution in [3.8, 4) is 11.5 Å². The molecule has 3 rings (SSSR count). The number of carbonyl (C=O) groups excluding carboxylic acids is 2. The van der Waals surface area contributed by atoms with Crippen molar-refractivity contribution in [3.63, 3.8) is 0 Å². The average molecular weight is 406 g/mol. The fourth-order valence-corrected chi connectivity index (χ4v) is 2.43. The van der Waals surface area contributed by atoms with Crippen LogP contribution in [-0.4, -0.2) is 24.7 Å². The number of hydrazone groups is 1. The molecule has 3 aromatic carbocycles. The van der Waals surface area contributed by atoms with Crippen LogP contribution in [0.4, 0.5) is 4.39 Å². The van der Waals surface area contributed by atoms with Crippen molar-refractivity contribution >= 4 is 18.1 Å². The number of esters is 1. The number of hydrogen-bond donors (Lipinski definition) is 1. The summed E-state index contributed by atoms with van der Waals surface area (Å²) in [5.74, 6) is -0.757. The van der Waals surface area contributed by atoms with Crippen molar-refractivity contribution in [2.24, 2.45) is 5.10 Å². The van der Waals surface area contributed by atoms with Crippen LogP contribution >= 0.6 is 0 Å². The number of hydrogen-bond acceptors (Lipinski definition) is 5. The Morgan fingerprint density at radius 1 is 1.00 bits per heavy atom. The summed E-state index contributed by atoms with van der Waals surface area (Å²) >= 11 is 0. The third-order valence-corrected chi connectivity index (χ3v) is 3.92. The lowest BCUT2D eigenvalue weighted by Gasteiger charge is -2.06. The van der Waals surface area contributed by atoms with Crippen LogP contribution in [0.25, 0.3) is 0 Å². The van der Waals surface area contributed by atoms with Gasteiger partial charge < -0.3 is 9.47 Å². The highest BCUT2D eigenvalue weighted by Gasteiger charge is 2.09. The predicted molar refractivity (Wildman–Crippen MR) is 110 cm³/mol. The quantitative estimate of drug-likeness (QED) is 0.280. The van der Waals surface area contributed by atoms with Gasteiger partial charge in [-0.2, -0.15) is 5.10 Å². The second-order valence-corrected chi connectivity index (χ2v) is 6.37. The largest absolute Gasteiger partial charge is 0.484 e. The monoisotopic (exact) mass is 406 g/mol. The third kappa shape index (κ3) is 6.27. The van der Waals surface area contributed by atoms with Gasteiger partial charge in [0.1, 0.15) is 17.3 Å². The summed E-state index contributed by atoms with van der Waals surface area (Å²) in [5.41, 5.74) is 4.16. The number of ether oxygens (including phenoxy) is 2. The molecular formula is C23H19FN2O4. The Labute approximate surface area is 173 Å². The van der Waals surface area contributed by atoms with Crippen LogP contribution in [0.3, 0.4) is 0 Å². The zero-order valence-corrected chi connectivity index (χ0v) is 16.2. The molecule has 1 amide bonds. The standard InChI is InChI=1S/C23H19FN2O4/c1-16-8-10-20(11-9-16)29-15-22(27)26-25-14-17-4-2-7-21(12-17)30-23(28)18-5-3-6-19(24)13-18/h2-14H,15H2,1H3,(H,26,27)/b25-14-. The summed E-state index contributed by atoms with van der Waals surface area (Å²) in [4.78, 5) is 23.9. The van der Waals surface area contributed by atoms with Crippen LogP contribution in [-0.2, 0) is 4.79 Å². The first-order chi connectivity index (χ1) is 14.5. The Hall–Kier alpha value is -4.00. The summed E-state index contributed by atoms with van der Waals surface area (Å²) in [5, 5.41) is 3.86. The summed E-state index contributed by atoms with van der Waals surface area (Å²) in [6.07, 6.45) is 1.41. The van der Waals surface area contributed by atoms with Crippen molar-refractivity contribution in [3.05, 3.63) is 95.3 Å². The summed E-state index contributed by atoms with van der Waals surface area (Å²) < 4.78 is 23.8. The van der Waals surface area contributed by atoms with Gasteiger partial charge in [-0.3, -0.25) is 4.79 Å². The van der Waals surface area contributed by atoms with Gasteiger partial charge >= 0.3 is 5.97 Å². The molecule has 0 heterocycles. The predicted octanol–water partition coefficient (Wildman–Crippen LogP) is 3.88. The number of aryl methyl sites for hydroxylation is 1. The lowest BCUT2D eigenvalue weighted by molar-refractivity contribution is -0.123. The maximum absolute atomic E-state index is 13.2. The SMILES string of the molecule is Cc1ccc(OCC(=O)N/N=C\c2cccc(OC(=O)c3cccc(F)c3)c2)cc1. The molecule has 30 heavy (non-hydrogen) atoms. The Bertz CT molecular complexity index is 1060. The van der Waals surface area contributed by atoms with E-state index in [-0.39, 0.29) is 17.9 Å². The van der Waals surface area contributed by atoms with Crippen molar-refractivity contribution < 1.29 is 23.5 Å². The first-order valence-corrected chi connectivity index (χ1v) is 9.09. The number of nitrogens with zero attached hydrogens (tertiary/aromatic N) is 1. The van der Waals surface area contributed by atoms with E-state index in [9.17, 15) is 14.0 Å². The zero-order valence-electron chi connectivity index (χ0n) is 16.2. The number of halogens is 1. The van der Waals surface area contributed by atoms with Crippen molar-refractivity contribution in [2.45, 2.75) is 6.92 Å². The van der Waals surface area contributed by atoms with Gasteiger partial charge in [0.15, 0.2) is 6.61 Å². The van der Waals surface area contributed by atoms with Gasteiger partial charge in [-0.15, -0.1) is 0 Å². The Kier molecular flexibility index (Phi) is 6.89. The highest BCUT2D eigenvalue weighted by molar-refractivity contribution is 5.91. The van der Waals surface area contributed by atoms with Crippen LogP contribution in [0.5, 0.6) is 11.5 Å². The summed E-state index contributed by atoms with van der Waals surface area (Å²) in [6.45, 7) is 1.79. The van der Waals surface area contributed by atoms with E-state index in [0.29, 0.717) is 11.3 Å². The van der Waals surface area contributed by atoms with Crippen LogP contribution in [0.15, 0.2) is 77.9 Å². The smallest absolute Gasteiger partial charge is 0.343 e. The number of amides is 1. The first kappa shape index (κ1) is 20.7. The number of rotatable bonds is 7. The molecule has 0 atom stereocenters. The van der Waals surface area contributed by atoms with Crippen LogP contribution in [0, 0.1) is 12.7 Å². The van der Waals surface area contributed by atoms with Crippen LogP contribution in [0.2, 0.25) is 0 Å². The molecule has 0 radical (unpaired) electrons. The fraction of sp³-hybridized carbons (Fsp3) is 0.0870. The van der Waals surface area contributed by atoms with Crippen molar-refractivity contribution in [2.75, 3.05) is 6.61 Å². The highest BCUT2D eigenvalue weighted by Crippen LogP contribution is 2.15. The summed E-state index contributed by atoms with van der Waals surface area (Å²) in [7, 11) is 0. The van der Waals surface area contributed by atoms with E-state index in [2.05, 4.69) is 10.5 Å². The number of carbonyl (C=O) groups is 2. The van der Waals surface area contributed by atoms with Gasteiger partial charge in [0.05, 0.1) is 11.8 Å². The molecule has 0 bridgehead atoms. The molecule has 0 spiro atoms. The molecule has 3 aromatic rings. The fourth-order valence-electron chi connectivity index (χ4n) is 2.43. The molecule has 7 heteroatoms. The molecule has 152 valence electrons.